The van der Waals surface area contributed by atoms with Crippen LogP contribution in [-0.2, 0) is 18.2 Å². The van der Waals surface area contributed by atoms with Crippen molar-refractivity contribution >= 4 is 11.9 Å². The molecule has 28 heavy (non-hydrogen) atoms. The molecule has 0 spiro atoms. The fourth-order valence-electron chi connectivity index (χ4n) is 3.32. The van der Waals surface area contributed by atoms with Gasteiger partial charge < -0.3 is 14.5 Å². The summed E-state index contributed by atoms with van der Waals surface area (Å²) < 4.78 is 6.15. The lowest BCUT2D eigenvalue weighted by molar-refractivity contribution is 0.105. The maximum absolute atomic E-state index is 12.8. The number of anilines is 1. The molecular formula is C20H26N4O4. The number of nitrogens with one attached hydrogen (secondary N) is 1. The second-order valence-electron chi connectivity index (χ2n) is 6.96. The van der Waals surface area contributed by atoms with Gasteiger partial charge in [0.1, 0.15) is 5.82 Å². The highest BCUT2D eigenvalue weighted by molar-refractivity contribution is 5.68. The number of ether oxygens (including phenoxy) is 1. The molecule has 1 aliphatic heterocycles. The number of H-pyrrole nitrogens is 1. The van der Waals surface area contributed by atoms with Crippen LogP contribution in [0.2, 0.25) is 0 Å². The molecule has 0 unspecified atom stereocenters. The van der Waals surface area contributed by atoms with E-state index in [1.54, 1.807) is 11.8 Å². The predicted molar refractivity (Wildman–Crippen MR) is 107 cm³/mol. The molecule has 0 bridgehead atoms. The number of carbonyl (C=O) groups is 1. The number of hydrogen-bond acceptors (Lipinski definition) is 5. The van der Waals surface area contributed by atoms with Gasteiger partial charge in [0.2, 0.25) is 0 Å². The summed E-state index contributed by atoms with van der Waals surface area (Å²) in [7, 11) is 1.47. The maximum atomic E-state index is 12.8. The first-order valence-corrected chi connectivity index (χ1v) is 9.45. The smallest absolute Gasteiger partial charge is 0.409 e. The van der Waals surface area contributed by atoms with Crippen LogP contribution in [0.25, 0.3) is 0 Å². The molecule has 2 aromatic rings. The minimum Gasteiger partial charge on any atom is -0.450 e. The second kappa shape index (κ2) is 8.33. The normalized spacial score (nSPS) is 14.2. The van der Waals surface area contributed by atoms with Crippen molar-refractivity contribution in [3.63, 3.8) is 0 Å². The topological polar surface area (TPSA) is 87.6 Å². The number of piperazine rings is 1. The first-order chi connectivity index (χ1) is 13.4. The summed E-state index contributed by atoms with van der Waals surface area (Å²) in [5.74, 6) is 0.539. The number of benzene rings is 1. The molecule has 8 nitrogen and oxygen atoms in total. The number of aromatic nitrogens is 2. The zero-order valence-corrected chi connectivity index (χ0v) is 16.5. The van der Waals surface area contributed by atoms with E-state index in [-0.39, 0.29) is 11.7 Å². The molecule has 1 aliphatic rings. The summed E-state index contributed by atoms with van der Waals surface area (Å²) in [5.41, 5.74) is 1.96. The van der Waals surface area contributed by atoms with Gasteiger partial charge in [0.05, 0.1) is 12.2 Å². The summed E-state index contributed by atoms with van der Waals surface area (Å²) in [6, 6.07) is 7.98. The molecule has 1 aromatic heterocycles. The van der Waals surface area contributed by atoms with E-state index in [0.717, 1.165) is 15.7 Å². The Bertz CT molecular complexity index is 954. The van der Waals surface area contributed by atoms with Crippen LogP contribution in [0.5, 0.6) is 0 Å². The molecule has 0 atom stereocenters. The van der Waals surface area contributed by atoms with Crippen molar-refractivity contribution in [3.05, 3.63) is 61.8 Å². The van der Waals surface area contributed by atoms with E-state index in [9.17, 15) is 14.4 Å². The summed E-state index contributed by atoms with van der Waals surface area (Å²) in [4.78, 5) is 43.4. The van der Waals surface area contributed by atoms with Crippen molar-refractivity contribution in [2.75, 3.05) is 37.7 Å². The molecule has 0 saturated carbocycles. The number of rotatable bonds is 4. The number of aryl methyl sites for hydroxylation is 1. The Labute approximate surface area is 163 Å². The van der Waals surface area contributed by atoms with Crippen LogP contribution < -0.4 is 16.1 Å². The van der Waals surface area contributed by atoms with E-state index in [1.165, 1.54) is 7.05 Å². The monoisotopic (exact) mass is 386 g/mol. The van der Waals surface area contributed by atoms with Gasteiger partial charge in [-0.1, -0.05) is 29.8 Å². The minimum atomic E-state index is -0.444. The lowest BCUT2D eigenvalue weighted by Gasteiger charge is -2.35. The minimum absolute atomic E-state index is 0.299. The Balaban J connectivity index is 1.88. The van der Waals surface area contributed by atoms with Crippen molar-refractivity contribution in [3.8, 4) is 0 Å². The number of nitrogens with zero attached hydrogens (tertiary/aromatic N) is 3. The SMILES string of the molecule is CCOC(=O)N1CCN(c2[nH]c(=O)n(C)c(=O)c2Cc2ccc(C)cc2)CC1. The van der Waals surface area contributed by atoms with Gasteiger partial charge in [-0.2, -0.15) is 0 Å². The van der Waals surface area contributed by atoms with E-state index in [1.807, 2.05) is 36.1 Å². The molecule has 2 heterocycles. The molecular weight excluding hydrogens is 360 g/mol. The van der Waals surface area contributed by atoms with Crippen molar-refractivity contribution in [1.82, 2.24) is 14.5 Å². The summed E-state index contributed by atoms with van der Waals surface area (Å²) in [5, 5.41) is 0. The molecule has 1 saturated heterocycles. The zero-order valence-electron chi connectivity index (χ0n) is 16.5. The van der Waals surface area contributed by atoms with Gasteiger partial charge in [0, 0.05) is 39.6 Å². The number of aromatic amines is 1. The average molecular weight is 386 g/mol. The third-order valence-electron chi connectivity index (χ3n) is 5.00. The first-order valence-electron chi connectivity index (χ1n) is 9.45. The molecule has 0 aliphatic carbocycles. The van der Waals surface area contributed by atoms with Gasteiger partial charge in [-0.25, -0.2) is 9.59 Å². The van der Waals surface area contributed by atoms with E-state index in [4.69, 9.17) is 4.74 Å². The molecule has 1 fully saturated rings. The lowest BCUT2D eigenvalue weighted by atomic mass is 10.0. The standard InChI is InChI=1S/C20H26N4O4/c1-4-28-20(27)24-11-9-23(10-12-24)17-16(18(25)22(3)19(26)21-17)13-15-7-5-14(2)6-8-15/h5-8H,4,9-13H2,1-3H3,(H,21,26). The Morgan fingerprint density at radius 2 is 1.75 bits per heavy atom. The van der Waals surface area contributed by atoms with E-state index in [0.29, 0.717) is 50.6 Å². The van der Waals surface area contributed by atoms with Crippen LogP contribution in [0.15, 0.2) is 33.9 Å². The van der Waals surface area contributed by atoms with Gasteiger partial charge in [-0.15, -0.1) is 0 Å². The maximum Gasteiger partial charge on any atom is 0.409 e. The van der Waals surface area contributed by atoms with Gasteiger partial charge in [-0.05, 0) is 19.4 Å². The van der Waals surface area contributed by atoms with Crippen LogP contribution in [-0.4, -0.2) is 53.3 Å². The predicted octanol–water partition coefficient (Wildman–Crippen LogP) is 1.25. The highest BCUT2D eigenvalue weighted by atomic mass is 16.6. The van der Waals surface area contributed by atoms with Gasteiger partial charge in [0.25, 0.3) is 5.56 Å². The van der Waals surface area contributed by atoms with E-state index < -0.39 is 5.69 Å². The molecule has 150 valence electrons. The van der Waals surface area contributed by atoms with Crippen LogP contribution in [0.1, 0.15) is 23.6 Å². The van der Waals surface area contributed by atoms with Gasteiger partial charge in [-0.3, -0.25) is 14.3 Å². The second-order valence-corrected chi connectivity index (χ2v) is 6.96. The van der Waals surface area contributed by atoms with Crippen molar-refractivity contribution < 1.29 is 9.53 Å². The lowest BCUT2D eigenvalue weighted by Crippen LogP contribution is -2.50. The number of carbonyl (C=O) groups excluding carboxylic acids is 1. The van der Waals surface area contributed by atoms with E-state index >= 15 is 0 Å². The third kappa shape index (κ3) is 4.11. The Morgan fingerprint density at radius 3 is 2.36 bits per heavy atom. The average Bonchev–Trinajstić information content (AvgIpc) is 2.70. The molecule has 8 heteroatoms. The fourth-order valence-corrected chi connectivity index (χ4v) is 3.32. The van der Waals surface area contributed by atoms with Gasteiger partial charge >= 0.3 is 11.8 Å². The third-order valence-corrected chi connectivity index (χ3v) is 5.00. The number of hydrogen-bond donors (Lipinski definition) is 1. The van der Waals surface area contributed by atoms with Crippen LogP contribution in [0.4, 0.5) is 10.6 Å². The summed E-state index contributed by atoms with van der Waals surface area (Å²) in [6.45, 7) is 6.10. The van der Waals surface area contributed by atoms with Crippen molar-refractivity contribution in [2.45, 2.75) is 20.3 Å². The Morgan fingerprint density at radius 1 is 1.11 bits per heavy atom. The first kappa shape index (κ1) is 19.7. The molecule has 3 rings (SSSR count). The molecule has 1 N–H and O–H groups in total. The molecule has 1 amide bonds. The van der Waals surface area contributed by atoms with Crippen molar-refractivity contribution in [1.29, 1.82) is 0 Å². The van der Waals surface area contributed by atoms with E-state index in [2.05, 4.69) is 4.98 Å². The van der Waals surface area contributed by atoms with Crippen molar-refractivity contribution in [2.24, 2.45) is 7.05 Å². The molecule has 0 radical (unpaired) electrons. The Hall–Kier alpha value is -3.03. The fraction of sp³-hybridized carbons (Fsp3) is 0.450. The highest BCUT2D eigenvalue weighted by Gasteiger charge is 2.25. The largest absolute Gasteiger partial charge is 0.450 e. The van der Waals surface area contributed by atoms with Crippen LogP contribution in [0.3, 0.4) is 0 Å². The quantitative estimate of drug-likeness (QED) is 0.855. The summed E-state index contributed by atoms with van der Waals surface area (Å²) in [6.07, 6.45) is 0.0939. The van der Waals surface area contributed by atoms with Crippen LogP contribution in [0, 0.1) is 6.92 Å². The van der Waals surface area contributed by atoms with Crippen LogP contribution >= 0.6 is 0 Å². The number of amides is 1. The highest BCUT2D eigenvalue weighted by Crippen LogP contribution is 2.19. The molecule has 1 aromatic carbocycles. The van der Waals surface area contributed by atoms with Gasteiger partial charge in [0.15, 0.2) is 0 Å². The zero-order chi connectivity index (χ0) is 20.3. The summed E-state index contributed by atoms with van der Waals surface area (Å²) >= 11 is 0. The Kier molecular flexibility index (Phi) is 5.87.